The van der Waals surface area contributed by atoms with Crippen LogP contribution in [-0.4, -0.2) is 17.5 Å². The quantitative estimate of drug-likeness (QED) is 0.756. The summed E-state index contributed by atoms with van der Waals surface area (Å²) in [5.41, 5.74) is 7.72. The number of benzene rings is 1. The normalized spacial score (nSPS) is 15.1. The third kappa shape index (κ3) is 1.62. The fourth-order valence-corrected chi connectivity index (χ4v) is 2.36. The van der Waals surface area contributed by atoms with Crippen LogP contribution in [0.25, 0.3) is 0 Å². The van der Waals surface area contributed by atoms with Crippen molar-refractivity contribution in [2.45, 2.75) is 13.0 Å². The summed E-state index contributed by atoms with van der Waals surface area (Å²) < 4.78 is 1.12. The highest BCUT2D eigenvalue weighted by Crippen LogP contribution is 2.25. The lowest BCUT2D eigenvalue weighted by Crippen LogP contribution is -2.39. The topological polar surface area (TPSA) is 46.3 Å². The van der Waals surface area contributed by atoms with Gasteiger partial charge in [0, 0.05) is 17.6 Å². The Balaban J connectivity index is 2.31. The number of hydrogen-bond acceptors (Lipinski definition) is 1. The molecule has 0 saturated heterocycles. The Hall–Kier alpha value is -1.03. The number of nitrogens with two attached hydrogens (primary N) is 1. The molecule has 1 aromatic rings. The minimum absolute atomic E-state index is 0.337. The summed E-state index contributed by atoms with van der Waals surface area (Å²) in [6.07, 6.45) is 0.875. The molecular formula is C10H11BrN2O. The molecule has 0 aliphatic carbocycles. The number of carbonyl (C=O) groups is 1. The van der Waals surface area contributed by atoms with Crippen molar-refractivity contribution in [1.82, 2.24) is 4.90 Å². The molecule has 2 rings (SSSR count). The summed E-state index contributed by atoms with van der Waals surface area (Å²) in [4.78, 5) is 12.6. The van der Waals surface area contributed by atoms with E-state index in [0.717, 1.165) is 10.9 Å². The van der Waals surface area contributed by atoms with Crippen LogP contribution in [0.4, 0.5) is 4.79 Å². The lowest BCUT2D eigenvalue weighted by molar-refractivity contribution is 0.202. The van der Waals surface area contributed by atoms with Crippen LogP contribution < -0.4 is 5.73 Å². The molecule has 0 bridgehead atoms. The number of halogens is 1. The van der Waals surface area contributed by atoms with E-state index < -0.39 is 0 Å². The van der Waals surface area contributed by atoms with Crippen LogP contribution in [0.2, 0.25) is 0 Å². The average molecular weight is 255 g/mol. The molecule has 0 radical (unpaired) electrons. The monoisotopic (exact) mass is 254 g/mol. The van der Waals surface area contributed by atoms with E-state index in [-0.39, 0.29) is 6.03 Å². The lowest BCUT2D eigenvalue weighted by Gasteiger charge is -2.27. The Morgan fingerprint density at radius 2 is 2.29 bits per heavy atom. The molecule has 1 aromatic carbocycles. The Bertz CT molecular complexity index is 378. The zero-order valence-corrected chi connectivity index (χ0v) is 9.25. The summed E-state index contributed by atoms with van der Waals surface area (Å²) in [6.45, 7) is 1.34. The SMILES string of the molecule is NC(=O)N1CCc2c(Br)cccc2C1. The largest absolute Gasteiger partial charge is 0.351 e. The van der Waals surface area contributed by atoms with Gasteiger partial charge in [-0.05, 0) is 23.6 Å². The molecule has 0 aromatic heterocycles. The Morgan fingerprint density at radius 1 is 1.50 bits per heavy atom. The number of amides is 2. The van der Waals surface area contributed by atoms with Crippen molar-refractivity contribution in [3.63, 3.8) is 0 Å². The lowest BCUT2D eigenvalue weighted by atomic mass is 10.0. The predicted molar refractivity (Wildman–Crippen MR) is 57.8 cm³/mol. The van der Waals surface area contributed by atoms with Crippen molar-refractivity contribution < 1.29 is 4.79 Å². The molecule has 74 valence electrons. The predicted octanol–water partition coefficient (Wildman–Crippen LogP) is 1.89. The third-order valence-electron chi connectivity index (χ3n) is 2.52. The number of nitrogens with zero attached hydrogens (tertiary/aromatic N) is 1. The van der Waals surface area contributed by atoms with Gasteiger partial charge < -0.3 is 10.6 Å². The first kappa shape index (κ1) is 9.52. The maximum atomic E-state index is 11.0. The number of rotatable bonds is 0. The molecule has 2 N–H and O–H groups in total. The standard InChI is InChI=1S/C10H11BrN2O/c11-9-3-1-2-7-6-13(10(12)14)5-4-8(7)9/h1-3H,4-6H2,(H2,12,14). The maximum absolute atomic E-state index is 11.0. The van der Waals surface area contributed by atoms with E-state index in [1.54, 1.807) is 4.90 Å². The first-order chi connectivity index (χ1) is 6.68. The van der Waals surface area contributed by atoms with Crippen molar-refractivity contribution in [2.24, 2.45) is 5.73 Å². The zero-order chi connectivity index (χ0) is 10.1. The van der Waals surface area contributed by atoms with Crippen LogP contribution in [0.15, 0.2) is 22.7 Å². The molecular weight excluding hydrogens is 244 g/mol. The highest BCUT2D eigenvalue weighted by molar-refractivity contribution is 9.10. The first-order valence-electron chi connectivity index (χ1n) is 4.49. The summed E-state index contributed by atoms with van der Waals surface area (Å²) in [5.74, 6) is 0. The van der Waals surface area contributed by atoms with Crippen molar-refractivity contribution >= 4 is 22.0 Å². The van der Waals surface area contributed by atoms with Crippen molar-refractivity contribution in [2.75, 3.05) is 6.54 Å². The van der Waals surface area contributed by atoms with Gasteiger partial charge in [-0.25, -0.2) is 4.79 Å². The van der Waals surface area contributed by atoms with Crippen LogP contribution >= 0.6 is 15.9 Å². The van der Waals surface area contributed by atoms with E-state index in [4.69, 9.17) is 5.73 Å². The summed E-state index contributed by atoms with van der Waals surface area (Å²) >= 11 is 3.50. The molecule has 0 atom stereocenters. The van der Waals surface area contributed by atoms with Crippen LogP contribution in [-0.2, 0) is 13.0 Å². The van der Waals surface area contributed by atoms with Gasteiger partial charge in [0.25, 0.3) is 0 Å². The van der Waals surface area contributed by atoms with Gasteiger partial charge in [-0.15, -0.1) is 0 Å². The van der Waals surface area contributed by atoms with E-state index in [1.807, 2.05) is 18.2 Å². The van der Waals surface area contributed by atoms with E-state index in [0.29, 0.717) is 13.1 Å². The second-order valence-electron chi connectivity index (χ2n) is 3.39. The van der Waals surface area contributed by atoms with Crippen LogP contribution in [0.3, 0.4) is 0 Å². The number of fused-ring (bicyclic) bond motifs is 1. The Labute approximate surface area is 91.0 Å². The van der Waals surface area contributed by atoms with E-state index in [1.165, 1.54) is 11.1 Å². The summed E-state index contributed by atoms with van der Waals surface area (Å²) in [7, 11) is 0. The smallest absolute Gasteiger partial charge is 0.315 e. The molecule has 1 aliphatic heterocycles. The van der Waals surface area contributed by atoms with E-state index in [2.05, 4.69) is 15.9 Å². The van der Waals surface area contributed by atoms with Gasteiger partial charge in [-0.3, -0.25) is 0 Å². The number of primary amides is 1. The molecule has 0 fully saturated rings. The number of urea groups is 1. The van der Waals surface area contributed by atoms with Gasteiger partial charge in [-0.2, -0.15) is 0 Å². The molecule has 1 heterocycles. The fourth-order valence-electron chi connectivity index (χ4n) is 1.75. The second-order valence-corrected chi connectivity index (χ2v) is 4.24. The van der Waals surface area contributed by atoms with Gasteiger partial charge in [-0.1, -0.05) is 28.1 Å². The highest BCUT2D eigenvalue weighted by atomic mass is 79.9. The van der Waals surface area contributed by atoms with Gasteiger partial charge in [0.05, 0.1) is 0 Å². The minimum Gasteiger partial charge on any atom is -0.351 e. The summed E-state index contributed by atoms with van der Waals surface area (Å²) in [5, 5.41) is 0. The fraction of sp³-hybridized carbons (Fsp3) is 0.300. The van der Waals surface area contributed by atoms with E-state index in [9.17, 15) is 4.79 Å². The van der Waals surface area contributed by atoms with Crippen molar-refractivity contribution in [1.29, 1.82) is 0 Å². The molecule has 2 amide bonds. The molecule has 0 spiro atoms. The Morgan fingerprint density at radius 3 is 3.00 bits per heavy atom. The second kappa shape index (κ2) is 3.61. The van der Waals surface area contributed by atoms with Gasteiger partial charge in [0.1, 0.15) is 0 Å². The molecule has 0 unspecified atom stereocenters. The zero-order valence-electron chi connectivity index (χ0n) is 7.66. The van der Waals surface area contributed by atoms with Crippen LogP contribution in [0.5, 0.6) is 0 Å². The van der Waals surface area contributed by atoms with Gasteiger partial charge in [0.2, 0.25) is 0 Å². The average Bonchev–Trinajstić information content (AvgIpc) is 2.17. The molecule has 1 aliphatic rings. The Kier molecular flexibility index (Phi) is 2.46. The third-order valence-corrected chi connectivity index (χ3v) is 3.26. The van der Waals surface area contributed by atoms with E-state index >= 15 is 0 Å². The number of hydrogen-bond donors (Lipinski definition) is 1. The van der Waals surface area contributed by atoms with Gasteiger partial charge >= 0.3 is 6.03 Å². The first-order valence-corrected chi connectivity index (χ1v) is 5.28. The molecule has 3 nitrogen and oxygen atoms in total. The molecule has 14 heavy (non-hydrogen) atoms. The molecule has 4 heteroatoms. The van der Waals surface area contributed by atoms with Crippen molar-refractivity contribution in [3.05, 3.63) is 33.8 Å². The minimum atomic E-state index is -0.337. The van der Waals surface area contributed by atoms with Crippen LogP contribution in [0, 0.1) is 0 Å². The van der Waals surface area contributed by atoms with Crippen molar-refractivity contribution in [3.8, 4) is 0 Å². The summed E-state index contributed by atoms with van der Waals surface area (Å²) in [6, 6.07) is 5.71. The van der Waals surface area contributed by atoms with Crippen LogP contribution in [0.1, 0.15) is 11.1 Å². The maximum Gasteiger partial charge on any atom is 0.315 e. The van der Waals surface area contributed by atoms with Gasteiger partial charge in [0.15, 0.2) is 0 Å². The number of carbonyl (C=O) groups excluding carboxylic acids is 1. The highest BCUT2D eigenvalue weighted by Gasteiger charge is 2.19. The molecule has 0 saturated carbocycles.